The SMILES string of the molecule is CC(C)[C@H](NC(=O)[C@H](CCCCN)NC(=O)[C@@H](N)CCCCN)C(=O)N[C@@H](C)C(=O)N[C@@H](CO)C(=O)N[C@@H](CCCCN)C(=O)O. The number of carbonyl (C=O) groups excluding carboxylic acids is 5. The molecule has 0 bridgehead atoms. The third kappa shape index (κ3) is 16.8. The molecular formula is C29H57N9O8. The van der Waals surface area contributed by atoms with Gasteiger partial charge in [0.05, 0.1) is 12.6 Å². The molecule has 0 fully saturated rings. The van der Waals surface area contributed by atoms with Crippen molar-refractivity contribution in [3.05, 3.63) is 0 Å². The van der Waals surface area contributed by atoms with Crippen LogP contribution in [0.5, 0.6) is 0 Å². The lowest BCUT2D eigenvalue weighted by Gasteiger charge is -2.27. The first-order valence-corrected chi connectivity index (χ1v) is 15.9. The van der Waals surface area contributed by atoms with Gasteiger partial charge in [0.1, 0.15) is 30.2 Å². The fourth-order valence-electron chi connectivity index (χ4n) is 4.35. The van der Waals surface area contributed by atoms with Gasteiger partial charge in [-0.05, 0) is 83.8 Å². The smallest absolute Gasteiger partial charge is 0.326 e. The highest BCUT2D eigenvalue weighted by Crippen LogP contribution is 2.08. The quantitative estimate of drug-likeness (QED) is 0.0434. The predicted molar refractivity (Wildman–Crippen MR) is 172 cm³/mol. The van der Waals surface area contributed by atoms with Crippen LogP contribution >= 0.6 is 0 Å². The summed E-state index contributed by atoms with van der Waals surface area (Å²) in [5.74, 6) is -5.27. The Morgan fingerprint density at radius 2 is 1.02 bits per heavy atom. The molecule has 46 heavy (non-hydrogen) atoms. The van der Waals surface area contributed by atoms with Crippen LogP contribution < -0.4 is 49.5 Å². The second kappa shape index (κ2) is 23.9. The van der Waals surface area contributed by atoms with E-state index in [1.807, 2.05) is 0 Å². The van der Waals surface area contributed by atoms with Crippen molar-refractivity contribution in [2.75, 3.05) is 26.2 Å². The monoisotopic (exact) mass is 659 g/mol. The summed E-state index contributed by atoms with van der Waals surface area (Å²) in [6.45, 7) is 5.10. The van der Waals surface area contributed by atoms with Crippen LogP contribution in [0.1, 0.15) is 78.6 Å². The molecule has 5 amide bonds. The van der Waals surface area contributed by atoms with E-state index in [1.165, 1.54) is 6.92 Å². The molecule has 0 radical (unpaired) electrons. The summed E-state index contributed by atoms with van der Waals surface area (Å²) in [7, 11) is 0. The number of hydrogen-bond donors (Lipinski definition) is 11. The number of nitrogens with one attached hydrogen (secondary N) is 5. The maximum Gasteiger partial charge on any atom is 0.326 e. The first-order chi connectivity index (χ1) is 21.7. The largest absolute Gasteiger partial charge is 0.480 e. The molecule has 6 atom stereocenters. The first-order valence-electron chi connectivity index (χ1n) is 15.9. The zero-order valence-corrected chi connectivity index (χ0v) is 27.4. The second-order valence-corrected chi connectivity index (χ2v) is 11.6. The van der Waals surface area contributed by atoms with Crippen molar-refractivity contribution in [2.45, 2.75) is 115 Å². The van der Waals surface area contributed by atoms with Crippen molar-refractivity contribution in [2.24, 2.45) is 28.9 Å². The number of aliphatic hydroxyl groups is 1. The maximum atomic E-state index is 13.3. The minimum Gasteiger partial charge on any atom is -0.480 e. The van der Waals surface area contributed by atoms with Crippen LogP contribution in [0.3, 0.4) is 0 Å². The highest BCUT2D eigenvalue weighted by atomic mass is 16.4. The first kappa shape index (κ1) is 42.6. The molecule has 15 N–H and O–H groups in total. The van der Waals surface area contributed by atoms with Gasteiger partial charge in [0.25, 0.3) is 0 Å². The van der Waals surface area contributed by atoms with Crippen molar-refractivity contribution in [3.8, 4) is 0 Å². The number of nitrogens with two attached hydrogens (primary N) is 4. The Hall–Kier alpha value is -3.38. The van der Waals surface area contributed by atoms with Crippen molar-refractivity contribution in [1.82, 2.24) is 26.6 Å². The molecule has 0 aromatic rings. The molecular weight excluding hydrogens is 602 g/mol. The molecule has 0 unspecified atom stereocenters. The maximum absolute atomic E-state index is 13.3. The van der Waals surface area contributed by atoms with Crippen LogP contribution in [0.25, 0.3) is 0 Å². The van der Waals surface area contributed by atoms with Gasteiger partial charge >= 0.3 is 5.97 Å². The number of carbonyl (C=O) groups is 6. The number of carboxylic acids is 1. The standard InChI is InChI=1S/C29H57N9O8/c1-17(2)23(38-26(42)20(11-5-8-14-31)35-25(41)19(33)10-4-7-13-30)28(44)34-18(3)24(40)37-22(16-39)27(43)36-21(29(45)46)12-6-9-15-32/h17-23,39H,4-16,30-33H2,1-3H3,(H,34,44)(H,35,41)(H,36,43)(H,37,40)(H,38,42)(H,45,46)/t18-,19-,20-,21-,22-,23-/m0/s1. The third-order valence-electron chi connectivity index (χ3n) is 7.26. The molecule has 0 spiro atoms. The molecule has 0 saturated carbocycles. The summed E-state index contributed by atoms with van der Waals surface area (Å²) in [4.78, 5) is 76.1. The normalized spacial score (nSPS) is 15.1. The predicted octanol–water partition coefficient (Wildman–Crippen LogP) is -3.12. The van der Waals surface area contributed by atoms with Crippen molar-refractivity contribution in [1.29, 1.82) is 0 Å². The molecule has 0 aliphatic carbocycles. The zero-order valence-electron chi connectivity index (χ0n) is 27.4. The summed E-state index contributed by atoms with van der Waals surface area (Å²) in [6.07, 6.45) is 4.27. The van der Waals surface area contributed by atoms with E-state index in [0.717, 1.165) is 0 Å². The average Bonchev–Trinajstić information content (AvgIpc) is 3.00. The minimum absolute atomic E-state index is 0.109. The molecule has 0 heterocycles. The summed E-state index contributed by atoms with van der Waals surface area (Å²) in [6, 6.07) is -6.86. The van der Waals surface area contributed by atoms with Crippen LogP contribution in [-0.4, -0.2) is 108 Å². The molecule has 0 rings (SSSR count). The molecule has 266 valence electrons. The zero-order chi connectivity index (χ0) is 35.2. The van der Waals surface area contributed by atoms with Gasteiger partial charge in [-0.1, -0.05) is 20.3 Å². The summed E-state index contributed by atoms with van der Waals surface area (Å²) in [5, 5.41) is 31.5. The Morgan fingerprint density at radius 1 is 0.565 bits per heavy atom. The van der Waals surface area contributed by atoms with Crippen LogP contribution in [0.15, 0.2) is 0 Å². The van der Waals surface area contributed by atoms with Crippen molar-refractivity contribution >= 4 is 35.5 Å². The molecule has 0 aliphatic rings. The summed E-state index contributed by atoms with van der Waals surface area (Å²) < 4.78 is 0. The number of aliphatic carboxylic acids is 1. The summed E-state index contributed by atoms with van der Waals surface area (Å²) in [5.41, 5.74) is 22.5. The number of hydrogen-bond acceptors (Lipinski definition) is 11. The van der Waals surface area contributed by atoms with Gasteiger partial charge in [0, 0.05) is 0 Å². The number of carboxylic acid groups (broad SMARTS) is 1. The van der Waals surface area contributed by atoms with Crippen LogP contribution in [0.4, 0.5) is 0 Å². The van der Waals surface area contributed by atoms with E-state index in [2.05, 4.69) is 26.6 Å². The van der Waals surface area contributed by atoms with E-state index < -0.39 is 84.3 Å². The highest BCUT2D eigenvalue weighted by Gasteiger charge is 2.32. The van der Waals surface area contributed by atoms with Crippen LogP contribution in [0, 0.1) is 5.92 Å². The number of rotatable bonds is 25. The number of amides is 5. The van der Waals surface area contributed by atoms with Gasteiger partial charge in [0.2, 0.25) is 29.5 Å². The third-order valence-corrected chi connectivity index (χ3v) is 7.26. The lowest BCUT2D eigenvalue weighted by atomic mass is 10.0. The fraction of sp³-hybridized carbons (Fsp3) is 0.793. The average molecular weight is 660 g/mol. The van der Waals surface area contributed by atoms with Gasteiger partial charge in [-0.25, -0.2) is 4.79 Å². The van der Waals surface area contributed by atoms with Crippen molar-refractivity contribution < 1.29 is 39.0 Å². The van der Waals surface area contributed by atoms with E-state index in [1.54, 1.807) is 13.8 Å². The van der Waals surface area contributed by atoms with Gasteiger partial charge in [-0.3, -0.25) is 24.0 Å². The molecule has 0 aromatic heterocycles. The highest BCUT2D eigenvalue weighted by molar-refractivity contribution is 5.96. The molecule has 17 heteroatoms. The summed E-state index contributed by atoms with van der Waals surface area (Å²) >= 11 is 0. The van der Waals surface area contributed by atoms with Gasteiger partial charge in [0.15, 0.2) is 0 Å². The lowest BCUT2D eigenvalue weighted by Crippen LogP contribution is -2.60. The Balaban J connectivity index is 5.43. The van der Waals surface area contributed by atoms with E-state index in [4.69, 9.17) is 22.9 Å². The molecule has 0 saturated heterocycles. The van der Waals surface area contributed by atoms with Gasteiger partial charge in [-0.2, -0.15) is 0 Å². The van der Waals surface area contributed by atoms with Gasteiger partial charge < -0.3 is 59.7 Å². The Bertz CT molecular complexity index is 969. The van der Waals surface area contributed by atoms with E-state index in [9.17, 15) is 39.0 Å². The Morgan fingerprint density at radius 3 is 1.50 bits per heavy atom. The number of unbranched alkanes of at least 4 members (excludes halogenated alkanes) is 3. The van der Waals surface area contributed by atoms with Crippen molar-refractivity contribution in [3.63, 3.8) is 0 Å². The Labute approximate surface area is 271 Å². The van der Waals surface area contributed by atoms with E-state index >= 15 is 0 Å². The van der Waals surface area contributed by atoms with E-state index in [-0.39, 0.29) is 12.8 Å². The molecule has 0 aliphatic heterocycles. The number of aliphatic hydroxyl groups excluding tert-OH is 1. The topological polar surface area (TPSA) is 307 Å². The van der Waals surface area contributed by atoms with Gasteiger partial charge in [-0.15, -0.1) is 0 Å². The van der Waals surface area contributed by atoms with E-state index in [0.29, 0.717) is 64.6 Å². The second-order valence-electron chi connectivity index (χ2n) is 11.6. The van der Waals surface area contributed by atoms with Crippen LogP contribution in [-0.2, 0) is 28.8 Å². The Kier molecular flexibility index (Phi) is 22.1. The molecule has 0 aromatic carbocycles. The molecule has 17 nitrogen and oxygen atoms in total. The van der Waals surface area contributed by atoms with Crippen LogP contribution in [0.2, 0.25) is 0 Å². The minimum atomic E-state index is -1.48. The fourth-order valence-corrected chi connectivity index (χ4v) is 4.35. The lowest BCUT2D eigenvalue weighted by molar-refractivity contribution is -0.142.